The van der Waals surface area contributed by atoms with E-state index in [-0.39, 0.29) is 5.91 Å². The summed E-state index contributed by atoms with van der Waals surface area (Å²) < 4.78 is 5.77. The van der Waals surface area contributed by atoms with E-state index in [0.717, 1.165) is 5.52 Å². The molecule has 1 N–H and O–H groups in total. The fourth-order valence-corrected chi connectivity index (χ4v) is 2.97. The zero-order valence-electron chi connectivity index (χ0n) is 13.4. The van der Waals surface area contributed by atoms with Gasteiger partial charge in [-0.2, -0.15) is 0 Å². The van der Waals surface area contributed by atoms with E-state index in [0.29, 0.717) is 38.3 Å². The van der Waals surface area contributed by atoms with E-state index in [1.807, 2.05) is 24.3 Å². The van der Waals surface area contributed by atoms with Crippen LogP contribution >= 0.6 is 23.2 Å². The van der Waals surface area contributed by atoms with Crippen LogP contribution in [-0.4, -0.2) is 10.9 Å². The van der Waals surface area contributed by atoms with Gasteiger partial charge in [0.1, 0.15) is 5.52 Å². The molecule has 6 heteroatoms. The topological polar surface area (TPSA) is 55.1 Å². The molecular weight excluding hydrogens is 371 g/mol. The normalized spacial score (nSPS) is 10.8. The first-order valence-corrected chi connectivity index (χ1v) is 8.59. The maximum atomic E-state index is 12.5. The van der Waals surface area contributed by atoms with Crippen LogP contribution in [0, 0.1) is 0 Å². The molecule has 4 aromatic rings. The number of nitrogens with zero attached hydrogens (tertiary/aromatic N) is 1. The number of oxazole rings is 1. The van der Waals surface area contributed by atoms with Gasteiger partial charge < -0.3 is 9.73 Å². The molecule has 4 nitrogen and oxygen atoms in total. The second-order valence-corrected chi connectivity index (χ2v) is 6.43. The zero-order chi connectivity index (χ0) is 18.1. The summed E-state index contributed by atoms with van der Waals surface area (Å²) in [6, 6.07) is 19.5. The van der Waals surface area contributed by atoms with Crippen LogP contribution in [0.1, 0.15) is 10.4 Å². The highest BCUT2D eigenvalue weighted by Crippen LogP contribution is 2.31. The van der Waals surface area contributed by atoms with Crippen LogP contribution in [0.4, 0.5) is 5.69 Å². The molecule has 0 aliphatic heterocycles. The number of hydrogen-bond donors (Lipinski definition) is 1. The standard InChI is InChI=1S/C20H12Cl2N2O2/c21-14-6-2-1-5-13(14)19(25)23-17-11-12(9-10-15(17)22)20-24-16-7-3-4-8-18(16)26-20/h1-11H,(H,23,25). The highest BCUT2D eigenvalue weighted by atomic mass is 35.5. The number of benzene rings is 3. The average molecular weight is 383 g/mol. The lowest BCUT2D eigenvalue weighted by Crippen LogP contribution is -2.12. The number of halogens is 2. The first-order chi connectivity index (χ1) is 12.6. The molecule has 0 unspecified atom stereocenters. The number of fused-ring (bicyclic) bond motifs is 1. The third-order valence-electron chi connectivity index (χ3n) is 3.87. The van der Waals surface area contributed by atoms with E-state index in [1.165, 1.54) is 0 Å². The van der Waals surface area contributed by atoms with E-state index in [1.54, 1.807) is 42.5 Å². The largest absolute Gasteiger partial charge is 0.436 e. The average Bonchev–Trinajstić information content (AvgIpc) is 3.08. The molecule has 1 aromatic heterocycles. The molecule has 0 saturated heterocycles. The van der Waals surface area contributed by atoms with Crippen molar-refractivity contribution in [1.82, 2.24) is 4.98 Å². The molecule has 0 bridgehead atoms. The highest BCUT2D eigenvalue weighted by molar-refractivity contribution is 6.36. The van der Waals surface area contributed by atoms with E-state index >= 15 is 0 Å². The van der Waals surface area contributed by atoms with Crippen molar-refractivity contribution in [2.24, 2.45) is 0 Å². The molecule has 0 radical (unpaired) electrons. The number of rotatable bonds is 3. The Balaban J connectivity index is 1.68. The molecule has 1 amide bonds. The van der Waals surface area contributed by atoms with E-state index in [4.69, 9.17) is 27.6 Å². The maximum Gasteiger partial charge on any atom is 0.257 e. The maximum absolute atomic E-state index is 12.5. The molecule has 0 atom stereocenters. The van der Waals surface area contributed by atoms with Crippen molar-refractivity contribution in [1.29, 1.82) is 0 Å². The first kappa shape index (κ1) is 16.6. The van der Waals surface area contributed by atoms with Crippen LogP contribution in [0.3, 0.4) is 0 Å². The lowest BCUT2D eigenvalue weighted by molar-refractivity contribution is 0.102. The number of carbonyl (C=O) groups excluding carboxylic acids is 1. The summed E-state index contributed by atoms with van der Waals surface area (Å²) in [6.07, 6.45) is 0. The first-order valence-electron chi connectivity index (χ1n) is 7.83. The van der Waals surface area contributed by atoms with Gasteiger partial charge in [-0.1, -0.05) is 47.5 Å². The van der Waals surface area contributed by atoms with Crippen molar-refractivity contribution in [3.05, 3.63) is 82.3 Å². The molecule has 1 heterocycles. The predicted octanol–water partition coefficient (Wildman–Crippen LogP) is 6.05. The minimum atomic E-state index is -0.341. The summed E-state index contributed by atoms with van der Waals surface area (Å²) >= 11 is 12.3. The van der Waals surface area contributed by atoms with Crippen LogP contribution < -0.4 is 5.32 Å². The van der Waals surface area contributed by atoms with E-state index in [9.17, 15) is 4.79 Å². The molecule has 0 aliphatic rings. The Bertz CT molecular complexity index is 1090. The summed E-state index contributed by atoms with van der Waals surface area (Å²) in [6.45, 7) is 0. The van der Waals surface area contributed by atoms with Crippen molar-refractivity contribution < 1.29 is 9.21 Å². The molecular formula is C20H12Cl2N2O2. The molecule has 0 fully saturated rings. The van der Waals surface area contributed by atoms with Gasteiger partial charge in [-0.05, 0) is 42.5 Å². The minimum absolute atomic E-state index is 0.341. The second kappa shape index (κ2) is 6.83. The van der Waals surface area contributed by atoms with Crippen LogP contribution in [0.15, 0.2) is 71.1 Å². The van der Waals surface area contributed by atoms with Crippen molar-refractivity contribution in [3.63, 3.8) is 0 Å². The lowest BCUT2D eigenvalue weighted by Gasteiger charge is -2.09. The summed E-state index contributed by atoms with van der Waals surface area (Å²) in [4.78, 5) is 16.9. The summed E-state index contributed by atoms with van der Waals surface area (Å²) in [5.74, 6) is 0.114. The van der Waals surface area contributed by atoms with Gasteiger partial charge >= 0.3 is 0 Å². The zero-order valence-corrected chi connectivity index (χ0v) is 14.9. The van der Waals surface area contributed by atoms with Gasteiger partial charge in [-0.15, -0.1) is 0 Å². The van der Waals surface area contributed by atoms with Crippen LogP contribution in [0.25, 0.3) is 22.6 Å². The number of anilines is 1. The second-order valence-electron chi connectivity index (χ2n) is 5.62. The Morgan fingerprint density at radius 3 is 2.50 bits per heavy atom. The molecule has 4 rings (SSSR count). The third kappa shape index (κ3) is 3.17. The number of carbonyl (C=O) groups is 1. The van der Waals surface area contributed by atoms with Gasteiger partial charge in [0, 0.05) is 5.56 Å². The van der Waals surface area contributed by atoms with Crippen LogP contribution in [-0.2, 0) is 0 Å². The Labute approximate surface area is 159 Å². The Morgan fingerprint density at radius 2 is 1.69 bits per heavy atom. The molecule has 0 spiro atoms. The van der Waals surface area contributed by atoms with Gasteiger partial charge in [0.15, 0.2) is 5.58 Å². The number of amides is 1. The SMILES string of the molecule is O=C(Nc1cc(-c2nc3ccccc3o2)ccc1Cl)c1ccccc1Cl. The Kier molecular flexibility index (Phi) is 4.37. The van der Waals surface area contributed by atoms with Gasteiger partial charge in [0.25, 0.3) is 5.91 Å². The van der Waals surface area contributed by atoms with Crippen LogP contribution in [0.2, 0.25) is 10.0 Å². The van der Waals surface area contributed by atoms with Crippen LogP contribution in [0.5, 0.6) is 0 Å². The van der Waals surface area contributed by atoms with Gasteiger partial charge in [-0.25, -0.2) is 4.98 Å². The molecule has 3 aromatic carbocycles. The van der Waals surface area contributed by atoms with Gasteiger partial charge in [0.2, 0.25) is 5.89 Å². The summed E-state index contributed by atoms with van der Waals surface area (Å²) in [5, 5.41) is 3.57. The van der Waals surface area contributed by atoms with Gasteiger partial charge in [0.05, 0.1) is 21.3 Å². The lowest BCUT2D eigenvalue weighted by atomic mass is 10.1. The number of nitrogens with one attached hydrogen (secondary N) is 1. The summed E-state index contributed by atoms with van der Waals surface area (Å²) in [7, 11) is 0. The Hall–Kier alpha value is -2.82. The molecule has 0 aliphatic carbocycles. The Morgan fingerprint density at radius 1 is 0.923 bits per heavy atom. The highest BCUT2D eigenvalue weighted by Gasteiger charge is 2.14. The van der Waals surface area contributed by atoms with Crippen molar-refractivity contribution in [3.8, 4) is 11.5 Å². The van der Waals surface area contributed by atoms with Gasteiger partial charge in [-0.3, -0.25) is 4.79 Å². The monoisotopic (exact) mass is 382 g/mol. The molecule has 128 valence electrons. The number of aromatic nitrogens is 1. The predicted molar refractivity (Wildman–Crippen MR) is 104 cm³/mol. The fraction of sp³-hybridized carbons (Fsp3) is 0. The summed E-state index contributed by atoms with van der Waals surface area (Å²) in [5.41, 5.74) is 2.99. The fourth-order valence-electron chi connectivity index (χ4n) is 2.58. The quantitative estimate of drug-likeness (QED) is 0.468. The number of para-hydroxylation sites is 2. The van der Waals surface area contributed by atoms with Crippen molar-refractivity contribution in [2.45, 2.75) is 0 Å². The number of hydrogen-bond acceptors (Lipinski definition) is 3. The van der Waals surface area contributed by atoms with E-state index < -0.39 is 0 Å². The smallest absolute Gasteiger partial charge is 0.257 e. The minimum Gasteiger partial charge on any atom is -0.436 e. The third-order valence-corrected chi connectivity index (χ3v) is 4.53. The molecule has 26 heavy (non-hydrogen) atoms. The van der Waals surface area contributed by atoms with Crippen molar-refractivity contribution >= 4 is 45.9 Å². The van der Waals surface area contributed by atoms with Crippen molar-refractivity contribution in [2.75, 3.05) is 5.32 Å². The molecule has 0 saturated carbocycles. The van der Waals surface area contributed by atoms with E-state index in [2.05, 4.69) is 10.3 Å².